The largest absolute Gasteiger partial charge is 0.383 e. The van der Waals surface area contributed by atoms with E-state index in [9.17, 15) is 18.7 Å². The number of halogens is 2. The highest BCUT2D eigenvalue weighted by Crippen LogP contribution is 2.54. The summed E-state index contributed by atoms with van der Waals surface area (Å²) in [6.45, 7) is 6.53. The quantitative estimate of drug-likeness (QED) is 0.817. The van der Waals surface area contributed by atoms with Gasteiger partial charge in [0.15, 0.2) is 11.6 Å². The molecule has 0 spiro atoms. The van der Waals surface area contributed by atoms with Gasteiger partial charge in [0.2, 0.25) is 0 Å². The number of nitrogens with zero attached hydrogens (tertiary/aromatic N) is 2. The predicted molar refractivity (Wildman–Crippen MR) is 107 cm³/mol. The highest BCUT2D eigenvalue weighted by molar-refractivity contribution is 5.94. The van der Waals surface area contributed by atoms with Crippen molar-refractivity contribution in [3.05, 3.63) is 53.2 Å². The van der Waals surface area contributed by atoms with E-state index in [-0.39, 0.29) is 17.6 Å². The van der Waals surface area contributed by atoms with Gasteiger partial charge in [0.25, 0.3) is 5.91 Å². The van der Waals surface area contributed by atoms with Crippen LogP contribution in [-0.2, 0) is 11.3 Å². The zero-order valence-corrected chi connectivity index (χ0v) is 16.7. The number of carbonyl (C=O) groups excluding carboxylic acids is 1. The van der Waals surface area contributed by atoms with Crippen LogP contribution in [0.25, 0.3) is 0 Å². The van der Waals surface area contributed by atoms with E-state index in [1.807, 2.05) is 0 Å². The van der Waals surface area contributed by atoms with Gasteiger partial charge in [-0.25, -0.2) is 13.8 Å². The molecular formula is C22H25F2N3O2. The van der Waals surface area contributed by atoms with Crippen LogP contribution in [0.3, 0.4) is 0 Å². The van der Waals surface area contributed by atoms with Crippen LogP contribution >= 0.6 is 0 Å². The van der Waals surface area contributed by atoms with Gasteiger partial charge in [0.1, 0.15) is 11.9 Å². The minimum Gasteiger partial charge on any atom is -0.383 e. The van der Waals surface area contributed by atoms with E-state index in [4.69, 9.17) is 0 Å². The maximum absolute atomic E-state index is 14.8. The van der Waals surface area contributed by atoms with Crippen molar-refractivity contribution in [2.45, 2.75) is 45.8 Å². The molecule has 3 atom stereocenters. The molecule has 1 aromatic heterocycles. The summed E-state index contributed by atoms with van der Waals surface area (Å²) in [6, 6.07) is 7.68. The van der Waals surface area contributed by atoms with Crippen molar-refractivity contribution in [1.29, 1.82) is 0 Å². The summed E-state index contributed by atoms with van der Waals surface area (Å²) < 4.78 is 27.9. The van der Waals surface area contributed by atoms with Crippen LogP contribution in [0.2, 0.25) is 0 Å². The molecule has 1 unspecified atom stereocenters. The molecule has 5 nitrogen and oxygen atoms in total. The second-order valence-electron chi connectivity index (χ2n) is 9.09. The Bertz CT molecular complexity index is 940. The third-order valence-electron chi connectivity index (χ3n) is 5.65. The Labute approximate surface area is 168 Å². The third kappa shape index (κ3) is 3.96. The number of amides is 1. The highest BCUT2D eigenvalue weighted by atomic mass is 19.1. The van der Waals surface area contributed by atoms with Crippen LogP contribution in [0.5, 0.6) is 0 Å². The van der Waals surface area contributed by atoms with Crippen molar-refractivity contribution < 1.29 is 18.7 Å². The van der Waals surface area contributed by atoms with Crippen molar-refractivity contribution in [3.8, 4) is 0 Å². The van der Waals surface area contributed by atoms with E-state index in [0.717, 1.165) is 24.2 Å². The summed E-state index contributed by atoms with van der Waals surface area (Å²) in [6.07, 6.45) is -0.299. The van der Waals surface area contributed by atoms with Crippen LogP contribution < -0.4 is 10.2 Å². The number of aromatic nitrogens is 1. The van der Waals surface area contributed by atoms with Crippen LogP contribution in [0, 0.1) is 23.0 Å². The van der Waals surface area contributed by atoms with Crippen LogP contribution in [-0.4, -0.2) is 28.6 Å². The Morgan fingerprint density at radius 2 is 2.00 bits per heavy atom. The van der Waals surface area contributed by atoms with Crippen molar-refractivity contribution in [2.75, 3.05) is 16.8 Å². The molecule has 2 N–H and O–H groups in total. The molecule has 2 aromatic rings. The van der Waals surface area contributed by atoms with Gasteiger partial charge in [-0.05, 0) is 35.4 Å². The van der Waals surface area contributed by atoms with Crippen LogP contribution in [0.15, 0.2) is 30.3 Å². The number of hydrogen-bond acceptors (Lipinski definition) is 4. The SMILES string of the molecule is CC(C)(C)[C@@H](O)C(=O)Nc1nc2c(cc1F)N(Cc1ccc(F)cc1)C[C@H]1CC21. The zero-order chi connectivity index (χ0) is 20.9. The number of hydrogen-bond donors (Lipinski definition) is 2. The Balaban J connectivity index is 1.59. The smallest absolute Gasteiger partial charge is 0.254 e. The standard InChI is InChI=1S/C22H25F2N3O2/c1-22(2,3)19(28)21(29)26-20-16(24)9-17-18(25-20)15-8-13(15)11-27(17)10-12-4-6-14(23)7-5-12/h4-7,9,13,15,19,28H,8,10-11H2,1-3H3,(H,25,26,29)/t13-,15?,19+/m1/s1. The zero-order valence-electron chi connectivity index (χ0n) is 16.7. The molecule has 0 bridgehead atoms. The number of aliphatic hydroxyl groups excluding tert-OH is 1. The van der Waals surface area contributed by atoms with Crippen LogP contribution in [0.4, 0.5) is 20.3 Å². The van der Waals surface area contributed by atoms with Gasteiger partial charge in [-0.1, -0.05) is 32.9 Å². The lowest BCUT2D eigenvalue weighted by Crippen LogP contribution is -2.39. The van der Waals surface area contributed by atoms with Crippen molar-refractivity contribution >= 4 is 17.4 Å². The first kappa shape index (κ1) is 19.8. The first-order chi connectivity index (χ1) is 13.6. The van der Waals surface area contributed by atoms with Gasteiger partial charge < -0.3 is 15.3 Å². The number of pyridine rings is 1. The lowest BCUT2D eigenvalue weighted by molar-refractivity contribution is -0.129. The molecule has 1 amide bonds. The summed E-state index contributed by atoms with van der Waals surface area (Å²) in [4.78, 5) is 18.8. The fourth-order valence-corrected chi connectivity index (χ4v) is 3.81. The second kappa shape index (κ2) is 7.06. The van der Waals surface area contributed by atoms with Gasteiger partial charge in [-0.2, -0.15) is 0 Å². The minimum atomic E-state index is -1.27. The number of anilines is 2. The Kier molecular flexibility index (Phi) is 4.81. The van der Waals surface area contributed by atoms with Gasteiger partial charge in [0.05, 0.1) is 11.4 Å². The number of nitrogens with one attached hydrogen (secondary N) is 1. The first-order valence-electron chi connectivity index (χ1n) is 9.82. The molecule has 1 aromatic carbocycles. The first-order valence-corrected chi connectivity index (χ1v) is 9.82. The molecular weight excluding hydrogens is 376 g/mol. The fourth-order valence-electron chi connectivity index (χ4n) is 3.81. The Hall–Kier alpha value is -2.54. The van der Waals surface area contributed by atoms with Gasteiger partial charge in [-0.3, -0.25) is 4.79 Å². The average Bonchev–Trinajstić information content (AvgIpc) is 3.42. The van der Waals surface area contributed by atoms with Gasteiger partial charge >= 0.3 is 0 Å². The number of fused-ring (bicyclic) bond motifs is 3. The average molecular weight is 401 g/mol. The van der Waals surface area contributed by atoms with Crippen LogP contribution in [0.1, 0.15) is 44.4 Å². The maximum Gasteiger partial charge on any atom is 0.254 e. The summed E-state index contributed by atoms with van der Waals surface area (Å²) >= 11 is 0. The molecule has 29 heavy (non-hydrogen) atoms. The molecule has 1 aliphatic heterocycles. The summed E-state index contributed by atoms with van der Waals surface area (Å²) in [7, 11) is 0. The second-order valence-corrected chi connectivity index (χ2v) is 9.09. The molecule has 2 aliphatic rings. The van der Waals surface area contributed by atoms with E-state index in [0.29, 0.717) is 18.2 Å². The van der Waals surface area contributed by atoms with E-state index >= 15 is 0 Å². The van der Waals surface area contributed by atoms with E-state index in [1.54, 1.807) is 32.9 Å². The number of aliphatic hydroxyl groups is 1. The molecule has 7 heteroatoms. The molecule has 0 saturated heterocycles. The minimum absolute atomic E-state index is 0.147. The van der Waals surface area contributed by atoms with Crippen molar-refractivity contribution in [1.82, 2.24) is 4.98 Å². The maximum atomic E-state index is 14.8. The van der Waals surface area contributed by atoms with E-state index in [1.165, 1.54) is 18.2 Å². The monoisotopic (exact) mass is 401 g/mol. The summed E-state index contributed by atoms with van der Waals surface area (Å²) in [5.41, 5.74) is 1.75. The van der Waals surface area contributed by atoms with E-state index < -0.39 is 23.2 Å². The molecule has 0 radical (unpaired) electrons. The van der Waals surface area contributed by atoms with Gasteiger partial charge in [0, 0.05) is 25.1 Å². The summed E-state index contributed by atoms with van der Waals surface area (Å²) in [5.74, 6) is -1.04. The fraction of sp³-hybridized carbons (Fsp3) is 0.455. The van der Waals surface area contributed by atoms with E-state index in [2.05, 4.69) is 15.2 Å². The molecule has 4 rings (SSSR count). The number of carbonyl (C=O) groups is 1. The molecule has 2 heterocycles. The molecule has 1 fully saturated rings. The lowest BCUT2D eigenvalue weighted by atomic mass is 9.88. The summed E-state index contributed by atoms with van der Waals surface area (Å²) in [5, 5.41) is 12.6. The normalized spacial score (nSPS) is 21.2. The van der Waals surface area contributed by atoms with Crippen molar-refractivity contribution in [2.24, 2.45) is 11.3 Å². The Morgan fingerprint density at radius 1 is 1.31 bits per heavy atom. The topological polar surface area (TPSA) is 65.5 Å². The van der Waals surface area contributed by atoms with Gasteiger partial charge in [-0.15, -0.1) is 0 Å². The highest BCUT2D eigenvalue weighted by Gasteiger charge is 2.46. The Morgan fingerprint density at radius 3 is 2.66 bits per heavy atom. The molecule has 154 valence electrons. The molecule has 1 aliphatic carbocycles. The molecule has 1 saturated carbocycles. The number of benzene rings is 1. The lowest BCUT2D eigenvalue weighted by Gasteiger charge is -2.31. The third-order valence-corrected chi connectivity index (χ3v) is 5.65. The van der Waals surface area contributed by atoms with Crippen molar-refractivity contribution in [3.63, 3.8) is 0 Å². The predicted octanol–water partition coefficient (Wildman–Crippen LogP) is 3.83. The number of rotatable bonds is 4.